The lowest BCUT2D eigenvalue weighted by Gasteiger charge is -2.20. The molecule has 0 aliphatic carbocycles. The van der Waals surface area contributed by atoms with Crippen molar-refractivity contribution in [3.05, 3.63) is 77.7 Å². The molecule has 0 unspecified atom stereocenters. The van der Waals surface area contributed by atoms with Crippen LogP contribution in [-0.4, -0.2) is 28.6 Å². The monoisotopic (exact) mass is 469 g/mol. The molecule has 0 saturated carbocycles. The molecule has 0 bridgehead atoms. The van der Waals surface area contributed by atoms with E-state index < -0.39 is 15.6 Å². The number of aromatic nitrogens is 3. The summed E-state index contributed by atoms with van der Waals surface area (Å²) in [6.07, 6.45) is 4.69. The van der Waals surface area contributed by atoms with E-state index in [1.54, 1.807) is 49.8 Å². The van der Waals surface area contributed by atoms with Gasteiger partial charge >= 0.3 is 0 Å². The van der Waals surface area contributed by atoms with Gasteiger partial charge in [0.05, 0.1) is 16.4 Å². The Hall–Kier alpha value is -2.94. The highest BCUT2D eigenvalue weighted by atomic mass is 35.5. The Labute approximate surface area is 192 Å². The number of fused-ring (bicyclic) bond motifs is 1. The minimum Gasteiger partial charge on any atom is -0.379 e. The summed E-state index contributed by atoms with van der Waals surface area (Å²) in [6, 6.07) is 15.2. The Kier molecular flexibility index (Phi) is 5.94. The van der Waals surface area contributed by atoms with E-state index in [0.29, 0.717) is 22.8 Å². The average Bonchev–Trinajstić information content (AvgIpc) is 3.12. The van der Waals surface area contributed by atoms with Crippen molar-refractivity contribution in [2.45, 2.75) is 37.8 Å². The molecule has 166 valence electrons. The Bertz CT molecular complexity index is 1360. The number of rotatable bonds is 6. The second-order valence-corrected chi connectivity index (χ2v) is 10.6. The van der Waals surface area contributed by atoms with Crippen molar-refractivity contribution < 1.29 is 8.42 Å². The minimum atomic E-state index is -3.73. The van der Waals surface area contributed by atoms with Gasteiger partial charge in [-0.3, -0.25) is 4.98 Å². The van der Waals surface area contributed by atoms with Gasteiger partial charge in [-0.15, -0.1) is 0 Å². The van der Waals surface area contributed by atoms with Crippen LogP contribution in [0, 0.1) is 0 Å². The molecule has 0 aliphatic heterocycles. The summed E-state index contributed by atoms with van der Waals surface area (Å²) in [5.74, 6) is 0. The summed E-state index contributed by atoms with van der Waals surface area (Å²) >= 11 is 6.40. The van der Waals surface area contributed by atoms with Crippen LogP contribution in [0.5, 0.6) is 0 Å². The van der Waals surface area contributed by atoms with Gasteiger partial charge in [0.25, 0.3) is 0 Å². The highest BCUT2D eigenvalue weighted by Gasteiger charge is 2.23. The zero-order valence-corrected chi connectivity index (χ0v) is 19.6. The molecule has 32 heavy (non-hydrogen) atoms. The molecule has 0 spiro atoms. The molecule has 4 aromatic rings. The maximum absolute atomic E-state index is 12.8. The number of halogens is 1. The summed E-state index contributed by atoms with van der Waals surface area (Å²) in [5.41, 5.74) is 3.20. The van der Waals surface area contributed by atoms with Crippen molar-refractivity contribution in [2.24, 2.45) is 0 Å². The third-order valence-corrected chi connectivity index (χ3v) is 6.68. The molecule has 3 heterocycles. The van der Waals surface area contributed by atoms with E-state index >= 15 is 0 Å². The van der Waals surface area contributed by atoms with Crippen LogP contribution in [0.15, 0.2) is 72.0 Å². The van der Waals surface area contributed by atoms with E-state index in [2.05, 4.69) is 20.1 Å². The molecule has 4 rings (SSSR count). The molecule has 0 atom stereocenters. The Balaban J connectivity index is 1.74. The first-order chi connectivity index (χ1) is 15.1. The SMILES string of the molecule is CC(C)(C)NS(=O)(=O)c1cncc(-c2cc(NCc3ccccc3)c3c(Cl)ccn3n2)c1. The molecule has 9 heteroatoms. The Morgan fingerprint density at radius 3 is 2.53 bits per heavy atom. The van der Waals surface area contributed by atoms with Crippen LogP contribution < -0.4 is 10.0 Å². The highest BCUT2D eigenvalue weighted by Crippen LogP contribution is 2.30. The predicted molar refractivity (Wildman–Crippen MR) is 127 cm³/mol. The summed E-state index contributed by atoms with van der Waals surface area (Å²) in [7, 11) is -3.73. The fourth-order valence-electron chi connectivity index (χ4n) is 3.32. The molecular weight excluding hydrogens is 446 g/mol. The molecule has 7 nitrogen and oxygen atoms in total. The number of pyridine rings is 1. The van der Waals surface area contributed by atoms with Crippen LogP contribution in [-0.2, 0) is 16.6 Å². The van der Waals surface area contributed by atoms with E-state index in [9.17, 15) is 8.42 Å². The molecular formula is C23H24ClN5O2S. The zero-order chi connectivity index (χ0) is 22.9. The molecule has 2 N–H and O–H groups in total. The van der Waals surface area contributed by atoms with E-state index in [-0.39, 0.29) is 4.90 Å². The second-order valence-electron chi connectivity index (χ2n) is 8.50. The maximum atomic E-state index is 12.8. The molecule has 0 saturated heterocycles. The van der Waals surface area contributed by atoms with Gasteiger partial charge < -0.3 is 5.32 Å². The maximum Gasteiger partial charge on any atom is 0.242 e. The standard InChI is InChI=1S/C23H24ClN5O2S/c1-23(2,3)28-32(30,31)18-11-17(14-25-15-18)20-12-21(22-19(24)9-10-29(22)27-20)26-13-16-7-5-4-6-8-16/h4-12,14-15,26,28H,13H2,1-3H3. The molecule has 0 aliphatic rings. The fraction of sp³-hybridized carbons (Fsp3) is 0.217. The van der Waals surface area contributed by atoms with E-state index in [1.165, 1.54) is 6.20 Å². The van der Waals surface area contributed by atoms with Crippen molar-refractivity contribution in [1.82, 2.24) is 19.3 Å². The van der Waals surface area contributed by atoms with E-state index in [4.69, 9.17) is 11.6 Å². The van der Waals surface area contributed by atoms with Crippen molar-refractivity contribution in [3.8, 4) is 11.3 Å². The normalized spacial score (nSPS) is 12.2. The first-order valence-corrected chi connectivity index (χ1v) is 11.9. The summed E-state index contributed by atoms with van der Waals surface area (Å²) in [5, 5.41) is 8.61. The Morgan fingerprint density at radius 1 is 1.06 bits per heavy atom. The molecule has 1 aromatic carbocycles. The third kappa shape index (κ3) is 4.93. The van der Waals surface area contributed by atoms with Crippen molar-refractivity contribution in [2.75, 3.05) is 5.32 Å². The minimum absolute atomic E-state index is 0.0798. The lowest BCUT2D eigenvalue weighted by atomic mass is 10.1. The van der Waals surface area contributed by atoms with Crippen LogP contribution in [0.1, 0.15) is 26.3 Å². The topological polar surface area (TPSA) is 88.4 Å². The zero-order valence-electron chi connectivity index (χ0n) is 18.0. The number of nitrogens with one attached hydrogen (secondary N) is 2. The summed E-state index contributed by atoms with van der Waals surface area (Å²) in [4.78, 5) is 4.23. The summed E-state index contributed by atoms with van der Waals surface area (Å²) in [6.45, 7) is 5.97. The van der Waals surface area contributed by atoms with Gasteiger partial charge in [-0.2, -0.15) is 5.10 Å². The number of nitrogens with zero attached hydrogens (tertiary/aromatic N) is 3. The van der Waals surface area contributed by atoms with Gasteiger partial charge in [0.2, 0.25) is 10.0 Å². The van der Waals surface area contributed by atoms with Crippen LogP contribution in [0.2, 0.25) is 5.02 Å². The largest absolute Gasteiger partial charge is 0.379 e. The molecule has 0 amide bonds. The number of anilines is 1. The predicted octanol–water partition coefficient (Wildman–Crippen LogP) is 4.74. The van der Waals surface area contributed by atoms with Crippen LogP contribution in [0.4, 0.5) is 5.69 Å². The van der Waals surface area contributed by atoms with Gasteiger partial charge in [0, 0.05) is 36.2 Å². The lowest BCUT2D eigenvalue weighted by molar-refractivity contribution is 0.491. The second kappa shape index (κ2) is 8.54. The number of sulfonamides is 1. The summed E-state index contributed by atoms with van der Waals surface area (Å²) < 4.78 is 29.9. The fourth-order valence-corrected chi connectivity index (χ4v) is 4.97. The number of hydrogen-bond donors (Lipinski definition) is 2. The first-order valence-electron chi connectivity index (χ1n) is 10.1. The van der Waals surface area contributed by atoms with Gasteiger partial charge in [-0.05, 0) is 44.5 Å². The van der Waals surface area contributed by atoms with Crippen molar-refractivity contribution in [3.63, 3.8) is 0 Å². The molecule has 0 radical (unpaired) electrons. The van der Waals surface area contributed by atoms with Gasteiger partial charge in [0.15, 0.2) is 0 Å². The lowest BCUT2D eigenvalue weighted by Crippen LogP contribution is -2.40. The first kappa shape index (κ1) is 22.3. The van der Waals surface area contributed by atoms with Gasteiger partial charge in [-0.1, -0.05) is 41.9 Å². The van der Waals surface area contributed by atoms with Crippen LogP contribution in [0.25, 0.3) is 16.8 Å². The number of hydrogen-bond acceptors (Lipinski definition) is 5. The number of benzene rings is 1. The van der Waals surface area contributed by atoms with Crippen LogP contribution >= 0.6 is 11.6 Å². The average molecular weight is 470 g/mol. The molecule has 0 fully saturated rings. The van der Waals surface area contributed by atoms with Crippen molar-refractivity contribution >= 4 is 32.8 Å². The van der Waals surface area contributed by atoms with Crippen LogP contribution in [0.3, 0.4) is 0 Å². The molecule has 3 aromatic heterocycles. The smallest absolute Gasteiger partial charge is 0.242 e. The quantitative estimate of drug-likeness (QED) is 0.426. The van der Waals surface area contributed by atoms with Gasteiger partial charge in [0.1, 0.15) is 10.4 Å². The third-order valence-electron chi connectivity index (χ3n) is 4.65. The highest BCUT2D eigenvalue weighted by molar-refractivity contribution is 7.89. The van der Waals surface area contributed by atoms with E-state index in [0.717, 1.165) is 16.8 Å². The van der Waals surface area contributed by atoms with Gasteiger partial charge in [-0.25, -0.2) is 17.7 Å². The van der Waals surface area contributed by atoms with E-state index in [1.807, 2.05) is 36.4 Å². The van der Waals surface area contributed by atoms with Crippen molar-refractivity contribution in [1.29, 1.82) is 0 Å². The Morgan fingerprint density at radius 2 is 1.81 bits per heavy atom.